The summed E-state index contributed by atoms with van der Waals surface area (Å²) in [7, 11) is 1.05. The number of rotatable bonds is 6. The van der Waals surface area contributed by atoms with Crippen molar-refractivity contribution in [3.63, 3.8) is 0 Å². The van der Waals surface area contributed by atoms with E-state index in [1.807, 2.05) is 0 Å². The van der Waals surface area contributed by atoms with Crippen LogP contribution in [0.2, 0.25) is 0 Å². The Balaban J connectivity index is 3.14. The first-order chi connectivity index (χ1) is 10.2. The number of carbonyl (C=O) groups excluding carboxylic acids is 1. The molecule has 22 heavy (non-hydrogen) atoms. The van der Waals surface area contributed by atoms with Gasteiger partial charge in [0.15, 0.2) is 0 Å². The minimum atomic E-state index is -2.24. The molecule has 1 rings (SSSR count). The normalized spacial score (nSPS) is 34.7. The summed E-state index contributed by atoms with van der Waals surface area (Å²) in [5.74, 6) is -4.33. The number of hydrogen-bond acceptors (Lipinski definition) is 8. The summed E-state index contributed by atoms with van der Waals surface area (Å²) >= 11 is 0. The van der Waals surface area contributed by atoms with Gasteiger partial charge in [-0.05, 0) is 0 Å². The van der Waals surface area contributed by atoms with Crippen molar-refractivity contribution in [3.05, 3.63) is 0 Å². The van der Waals surface area contributed by atoms with Crippen LogP contribution in [0.3, 0.4) is 0 Å². The fraction of sp³-hybridized carbons (Fsp3) is 0.833. The average Bonchev–Trinajstić information content (AvgIpc) is 2.46. The smallest absolute Gasteiger partial charge is 0.364 e. The van der Waals surface area contributed by atoms with Gasteiger partial charge in [0.25, 0.3) is 5.79 Å². The van der Waals surface area contributed by atoms with Crippen molar-refractivity contribution in [2.24, 2.45) is 0 Å². The quantitative estimate of drug-likeness (QED) is 0.295. The standard InChI is InChI=1S/C12H21NO9/c1-5(15)13-8-6(16)3-12(21-2,11(19)20)22-10(8)9(18)7(17)4-14/h6-10,14,16-18H,3-4H2,1-2H3,(H,13,15)(H,19,20)/t6-,7+,8-,9+,10+,12+/m0/s1. The van der Waals surface area contributed by atoms with E-state index in [0.29, 0.717) is 0 Å². The zero-order valence-corrected chi connectivity index (χ0v) is 12.2. The van der Waals surface area contributed by atoms with Gasteiger partial charge in [0, 0.05) is 20.5 Å². The molecule has 0 aromatic heterocycles. The molecule has 0 spiro atoms. The fourth-order valence-electron chi connectivity index (χ4n) is 2.34. The van der Waals surface area contributed by atoms with Crippen molar-refractivity contribution in [1.82, 2.24) is 5.32 Å². The molecule has 10 heteroatoms. The molecular weight excluding hydrogens is 302 g/mol. The number of methoxy groups -OCH3 is 1. The summed E-state index contributed by atoms with van der Waals surface area (Å²) in [6.07, 6.45) is -6.84. The third kappa shape index (κ3) is 3.72. The van der Waals surface area contributed by atoms with Crippen LogP contribution in [0.1, 0.15) is 13.3 Å². The van der Waals surface area contributed by atoms with Crippen LogP contribution in [0.15, 0.2) is 0 Å². The Labute approximate surface area is 126 Å². The van der Waals surface area contributed by atoms with Gasteiger partial charge < -0.3 is 40.3 Å². The van der Waals surface area contributed by atoms with Crippen LogP contribution in [-0.2, 0) is 19.1 Å². The van der Waals surface area contributed by atoms with Gasteiger partial charge in [-0.1, -0.05) is 0 Å². The lowest BCUT2D eigenvalue weighted by atomic mass is 9.88. The molecule has 0 radical (unpaired) electrons. The Hall–Kier alpha value is -1.30. The van der Waals surface area contributed by atoms with E-state index in [9.17, 15) is 30.0 Å². The summed E-state index contributed by atoms with van der Waals surface area (Å²) < 4.78 is 10.0. The maximum absolute atomic E-state index is 11.3. The first kappa shape index (κ1) is 18.7. The molecule has 6 N–H and O–H groups in total. The topological polar surface area (TPSA) is 166 Å². The maximum Gasteiger partial charge on any atom is 0.364 e. The number of aliphatic hydroxyl groups is 4. The molecule has 0 saturated carbocycles. The van der Waals surface area contributed by atoms with E-state index in [1.54, 1.807) is 0 Å². The molecule has 0 aromatic carbocycles. The lowest BCUT2D eigenvalue weighted by molar-refractivity contribution is -0.303. The Morgan fingerprint density at radius 3 is 2.45 bits per heavy atom. The van der Waals surface area contributed by atoms with Crippen LogP contribution in [0.5, 0.6) is 0 Å². The van der Waals surface area contributed by atoms with Crippen LogP contribution >= 0.6 is 0 Å². The number of aliphatic carboxylic acids is 1. The molecule has 0 bridgehead atoms. The molecular formula is C12H21NO9. The third-order valence-electron chi connectivity index (χ3n) is 3.52. The highest BCUT2D eigenvalue weighted by Gasteiger charge is 2.55. The van der Waals surface area contributed by atoms with Gasteiger partial charge in [0.2, 0.25) is 5.91 Å². The molecule has 6 atom stereocenters. The van der Waals surface area contributed by atoms with E-state index in [-0.39, 0.29) is 0 Å². The van der Waals surface area contributed by atoms with Crippen LogP contribution in [0.4, 0.5) is 0 Å². The second-order valence-electron chi connectivity index (χ2n) is 5.08. The largest absolute Gasteiger partial charge is 0.477 e. The van der Waals surface area contributed by atoms with E-state index in [1.165, 1.54) is 0 Å². The minimum Gasteiger partial charge on any atom is -0.477 e. The number of nitrogens with one attached hydrogen (secondary N) is 1. The second-order valence-corrected chi connectivity index (χ2v) is 5.08. The fourth-order valence-corrected chi connectivity index (χ4v) is 2.34. The molecule has 1 heterocycles. The van der Waals surface area contributed by atoms with Crippen LogP contribution in [0, 0.1) is 0 Å². The molecule has 1 amide bonds. The van der Waals surface area contributed by atoms with E-state index >= 15 is 0 Å². The van der Waals surface area contributed by atoms with Gasteiger partial charge in [-0.25, -0.2) is 4.79 Å². The highest BCUT2D eigenvalue weighted by molar-refractivity contribution is 5.76. The van der Waals surface area contributed by atoms with E-state index in [4.69, 9.17) is 14.6 Å². The zero-order chi connectivity index (χ0) is 17.1. The van der Waals surface area contributed by atoms with E-state index in [2.05, 4.69) is 5.32 Å². The molecule has 1 fully saturated rings. The number of amides is 1. The highest BCUT2D eigenvalue weighted by atomic mass is 16.7. The van der Waals surface area contributed by atoms with Crippen molar-refractivity contribution >= 4 is 11.9 Å². The molecule has 1 aliphatic heterocycles. The Morgan fingerprint density at radius 2 is 2.05 bits per heavy atom. The molecule has 1 saturated heterocycles. The zero-order valence-electron chi connectivity index (χ0n) is 12.2. The number of carboxylic acid groups (broad SMARTS) is 1. The number of carbonyl (C=O) groups is 2. The van der Waals surface area contributed by atoms with Crippen molar-refractivity contribution in [2.75, 3.05) is 13.7 Å². The van der Waals surface area contributed by atoms with Crippen molar-refractivity contribution < 1.29 is 44.6 Å². The van der Waals surface area contributed by atoms with Gasteiger partial charge in [0.1, 0.15) is 18.3 Å². The SMILES string of the molecule is CO[C@]1(C(=O)O)C[C@H](O)[C@H](NC(C)=O)[C@H]([C@H](O)[C@H](O)CO)O1. The summed E-state index contributed by atoms with van der Waals surface area (Å²) in [5, 5.41) is 50.1. The van der Waals surface area contributed by atoms with E-state index in [0.717, 1.165) is 14.0 Å². The van der Waals surface area contributed by atoms with Crippen LogP contribution in [-0.4, -0.2) is 87.4 Å². The van der Waals surface area contributed by atoms with Gasteiger partial charge in [-0.3, -0.25) is 4.79 Å². The maximum atomic E-state index is 11.3. The minimum absolute atomic E-state index is 0.498. The Bertz CT molecular complexity index is 417. The summed E-state index contributed by atoms with van der Waals surface area (Å²) in [5.41, 5.74) is 0. The van der Waals surface area contributed by atoms with Gasteiger partial charge in [-0.2, -0.15) is 0 Å². The lowest BCUT2D eigenvalue weighted by Gasteiger charge is -2.46. The molecule has 1 aliphatic rings. The third-order valence-corrected chi connectivity index (χ3v) is 3.52. The van der Waals surface area contributed by atoms with Crippen molar-refractivity contribution in [2.45, 2.75) is 49.6 Å². The van der Waals surface area contributed by atoms with Crippen molar-refractivity contribution in [1.29, 1.82) is 0 Å². The highest BCUT2D eigenvalue weighted by Crippen LogP contribution is 2.32. The Kier molecular flexibility index (Phi) is 6.23. The van der Waals surface area contributed by atoms with Crippen LogP contribution in [0.25, 0.3) is 0 Å². The molecule has 0 aromatic rings. The number of aliphatic hydroxyl groups excluding tert-OH is 4. The number of ether oxygens (including phenoxy) is 2. The summed E-state index contributed by atoms with van der Waals surface area (Å²) in [6.45, 7) is 0.338. The monoisotopic (exact) mass is 323 g/mol. The van der Waals surface area contributed by atoms with E-state index < -0.39 is 61.1 Å². The first-order valence-electron chi connectivity index (χ1n) is 6.57. The molecule has 128 valence electrons. The van der Waals surface area contributed by atoms with Gasteiger partial charge in [0.05, 0.1) is 18.8 Å². The first-order valence-corrected chi connectivity index (χ1v) is 6.57. The molecule has 10 nitrogen and oxygen atoms in total. The second kappa shape index (κ2) is 7.31. The van der Waals surface area contributed by atoms with Gasteiger partial charge >= 0.3 is 5.97 Å². The lowest BCUT2D eigenvalue weighted by Crippen LogP contribution is -2.67. The summed E-state index contributed by atoms with van der Waals surface area (Å²) in [6, 6.07) is -1.18. The predicted octanol–water partition coefficient (Wildman–Crippen LogP) is -3.22. The average molecular weight is 323 g/mol. The molecule has 0 aliphatic carbocycles. The number of hydrogen-bond donors (Lipinski definition) is 6. The Morgan fingerprint density at radius 1 is 1.45 bits per heavy atom. The number of carboxylic acids is 1. The predicted molar refractivity (Wildman–Crippen MR) is 69.6 cm³/mol. The van der Waals surface area contributed by atoms with Crippen LogP contribution < -0.4 is 5.32 Å². The summed E-state index contributed by atoms with van der Waals surface area (Å²) in [4.78, 5) is 22.6. The van der Waals surface area contributed by atoms with Crippen molar-refractivity contribution in [3.8, 4) is 0 Å². The van der Waals surface area contributed by atoms with Gasteiger partial charge in [-0.15, -0.1) is 0 Å². The molecule has 0 unspecified atom stereocenters.